The maximum Gasteiger partial charge on any atom is 0.271 e. The van der Waals surface area contributed by atoms with Crippen LogP contribution >= 0.6 is 0 Å². The van der Waals surface area contributed by atoms with Crippen molar-refractivity contribution in [2.45, 2.75) is 13.8 Å². The number of nitrogens with one attached hydrogen (secondary N) is 1. The summed E-state index contributed by atoms with van der Waals surface area (Å²) in [6.07, 6.45) is 1.56. The van der Waals surface area contributed by atoms with Crippen LogP contribution in [0.15, 0.2) is 47.6 Å². The Hall–Kier alpha value is -2.82. The summed E-state index contributed by atoms with van der Waals surface area (Å²) in [6, 6.07) is 12.7. The molecule has 0 aliphatic carbocycles. The van der Waals surface area contributed by atoms with E-state index in [1.54, 1.807) is 31.5 Å². The molecule has 0 atom stereocenters. The smallest absolute Gasteiger partial charge is 0.271 e. The number of hydrogen-bond donors (Lipinski definition) is 1. The first-order valence-electron chi connectivity index (χ1n) is 7.35. The van der Waals surface area contributed by atoms with E-state index in [9.17, 15) is 4.79 Å². The molecule has 0 aromatic heterocycles. The Bertz CT molecular complexity index is 694. The predicted molar refractivity (Wildman–Crippen MR) is 90.4 cm³/mol. The van der Waals surface area contributed by atoms with Gasteiger partial charge in [-0.15, -0.1) is 0 Å². The maximum atomic E-state index is 11.9. The summed E-state index contributed by atoms with van der Waals surface area (Å²) in [6.45, 7) is 4.42. The van der Waals surface area contributed by atoms with E-state index in [1.165, 1.54) is 0 Å². The van der Waals surface area contributed by atoms with E-state index >= 15 is 0 Å². The summed E-state index contributed by atoms with van der Waals surface area (Å²) in [4.78, 5) is 11.9. The predicted octanol–water partition coefficient (Wildman–Crippen LogP) is 3.17. The number of hydrazone groups is 1. The third-order valence-electron chi connectivity index (χ3n) is 3.18. The molecule has 0 fully saturated rings. The Kier molecular flexibility index (Phi) is 5.74. The molecule has 0 saturated carbocycles. The summed E-state index contributed by atoms with van der Waals surface area (Å²) < 4.78 is 10.7. The highest BCUT2D eigenvalue weighted by atomic mass is 16.5. The Morgan fingerprint density at radius 1 is 1.17 bits per heavy atom. The van der Waals surface area contributed by atoms with Gasteiger partial charge in [-0.3, -0.25) is 4.79 Å². The summed E-state index contributed by atoms with van der Waals surface area (Å²) in [7, 11) is 1.59. The number of nitrogens with zero attached hydrogens (tertiary/aromatic N) is 1. The van der Waals surface area contributed by atoms with Gasteiger partial charge in [-0.25, -0.2) is 5.43 Å². The van der Waals surface area contributed by atoms with E-state index in [0.717, 1.165) is 11.1 Å². The molecule has 2 rings (SSSR count). The summed E-state index contributed by atoms with van der Waals surface area (Å²) in [5.74, 6) is 1.05. The second-order valence-corrected chi connectivity index (χ2v) is 4.91. The Morgan fingerprint density at radius 2 is 1.91 bits per heavy atom. The minimum absolute atomic E-state index is 0.250. The van der Waals surface area contributed by atoms with Gasteiger partial charge < -0.3 is 9.47 Å². The molecule has 1 N–H and O–H groups in total. The molecule has 2 aromatic rings. The van der Waals surface area contributed by atoms with Gasteiger partial charge in [0.15, 0.2) is 11.5 Å². The van der Waals surface area contributed by atoms with Gasteiger partial charge in [-0.1, -0.05) is 17.7 Å². The fraction of sp³-hybridized carbons (Fsp3) is 0.222. The highest BCUT2D eigenvalue weighted by Crippen LogP contribution is 2.27. The average Bonchev–Trinajstić information content (AvgIpc) is 2.56. The van der Waals surface area contributed by atoms with Crippen LogP contribution < -0.4 is 14.9 Å². The number of amides is 1. The first-order chi connectivity index (χ1) is 11.1. The molecule has 23 heavy (non-hydrogen) atoms. The van der Waals surface area contributed by atoms with Crippen LogP contribution in [-0.2, 0) is 0 Å². The van der Waals surface area contributed by atoms with Gasteiger partial charge in [0.2, 0.25) is 0 Å². The van der Waals surface area contributed by atoms with Crippen LogP contribution in [0.2, 0.25) is 0 Å². The zero-order chi connectivity index (χ0) is 16.7. The molecule has 5 nitrogen and oxygen atoms in total. The lowest BCUT2D eigenvalue weighted by Gasteiger charge is -2.09. The van der Waals surface area contributed by atoms with Gasteiger partial charge in [0, 0.05) is 5.56 Å². The van der Waals surface area contributed by atoms with E-state index in [1.807, 2.05) is 38.1 Å². The fourth-order valence-corrected chi connectivity index (χ4v) is 1.98. The van der Waals surface area contributed by atoms with E-state index < -0.39 is 0 Å². The zero-order valence-corrected chi connectivity index (χ0v) is 13.5. The number of methoxy groups -OCH3 is 1. The SMILES string of the molecule is CCOc1cc(/C=N\NC(=O)c2ccc(C)cc2)ccc1OC. The molecule has 0 saturated heterocycles. The highest BCUT2D eigenvalue weighted by molar-refractivity contribution is 5.94. The van der Waals surface area contributed by atoms with Crippen LogP contribution in [0, 0.1) is 6.92 Å². The number of aryl methyl sites for hydroxylation is 1. The van der Waals surface area contributed by atoms with Crippen molar-refractivity contribution < 1.29 is 14.3 Å². The molecule has 0 radical (unpaired) electrons. The molecule has 0 bridgehead atoms. The van der Waals surface area contributed by atoms with Crippen molar-refractivity contribution in [3.05, 3.63) is 59.2 Å². The van der Waals surface area contributed by atoms with Crippen molar-refractivity contribution in [2.24, 2.45) is 5.10 Å². The lowest BCUT2D eigenvalue weighted by molar-refractivity contribution is 0.0955. The average molecular weight is 312 g/mol. The molecule has 0 unspecified atom stereocenters. The van der Waals surface area contributed by atoms with Crippen LogP contribution in [0.25, 0.3) is 0 Å². The van der Waals surface area contributed by atoms with Gasteiger partial charge in [0.1, 0.15) is 0 Å². The molecule has 0 spiro atoms. The third kappa shape index (κ3) is 4.57. The highest BCUT2D eigenvalue weighted by Gasteiger charge is 2.05. The molecule has 2 aromatic carbocycles. The molecule has 0 aliphatic heterocycles. The standard InChI is InChI=1S/C18H20N2O3/c1-4-23-17-11-14(7-10-16(17)22-3)12-19-20-18(21)15-8-5-13(2)6-9-15/h5-12H,4H2,1-3H3,(H,20,21)/b19-12-. The first-order valence-corrected chi connectivity index (χ1v) is 7.35. The minimum Gasteiger partial charge on any atom is -0.493 e. The Labute approximate surface area is 135 Å². The number of hydrogen-bond acceptors (Lipinski definition) is 4. The van der Waals surface area contributed by atoms with Gasteiger partial charge in [0.25, 0.3) is 5.91 Å². The van der Waals surface area contributed by atoms with E-state index in [2.05, 4.69) is 10.5 Å². The Morgan fingerprint density at radius 3 is 2.57 bits per heavy atom. The van der Waals surface area contributed by atoms with Crippen molar-refractivity contribution in [3.8, 4) is 11.5 Å². The molecule has 0 heterocycles. The van der Waals surface area contributed by atoms with Crippen molar-refractivity contribution in [1.29, 1.82) is 0 Å². The summed E-state index contributed by atoms with van der Waals surface area (Å²) >= 11 is 0. The lowest BCUT2D eigenvalue weighted by Crippen LogP contribution is -2.17. The van der Waals surface area contributed by atoms with Crippen molar-refractivity contribution in [2.75, 3.05) is 13.7 Å². The van der Waals surface area contributed by atoms with Crippen molar-refractivity contribution >= 4 is 12.1 Å². The number of ether oxygens (including phenoxy) is 2. The summed E-state index contributed by atoms with van der Waals surface area (Å²) in [5.41, 5.74) is 4.98. The van der Waals surface area contributed by atoms with Gasteiger partial charge >= 0.3 is 0 Å². The van der Waals surface area contributed by atoms with E-state index in [-0.39, 0.29) is 5.91 Å². The van der Waals surface area contributed by atoms with Crippen molar-refractivity contribution in [1.82, 2.24) is 5.43 Å². The molecular formula is C18H20N2O3. The number of benzene rings is 2. The van der Waals surface area contributed by atoms with Crippen molar-refractivity contribution in [3.63, 3.8) is 0 Å². The fourth-order valence-electron chi connectivity index (χ4n) is 1.98. The normalized spacial score (nSPS) is 10.6. The van der Waals surface area contributed by atoms with Gasteiger partial charge in [0.05, 0.1) is 19.9 Å². The van der Waals surface area contributed by atoms with Crippen LogP contribution in [0.5, 0.6) is 11.5 Å². The Balaban J connectivity index is 2.03. The monoisotopic (exact) mass is 312 g/mol. The number of rotatable bonds is 6. The van der Waals surface area contributed by atoms with Crippen LogP contribution in [-0.4, -0.2) is 25.8 Å². The van der Waals surface area contributed by atoms with Gasteiger partial charge in [-0.05, 0) is 49.7 Å². The zero-order valence-electron chi connectivity index (χ0n) is 13.5. The van der Waals surface area contributed by atoms with E-state index in [0.29, 0.717) is 23.7 Å². The maximum absolute atomic E-state index is 11.9. The number of carbonyl (C=O) groups is 1. The lowest BCUT2D eigenvalue weighted by atomic mass is 10.1. The molecule has 5 heteroatoms. The van der Waals surface area contributed by atoms with Crippen LogP contribution in [0.4, 0.5) is 0 Å². The third-order valence-corrected chi connectivity index (χ3v) is 3.18. The number of carbonyl (C=O) groups excluding carboxylic acids is 1. The van der Waals surface area contributed by atoms with E-state index in [4.69, 9.17) is 9.47 Å². The van der Waals surface area contributed by atoms with Crippen LogP contribution in [0.3, 0.4) is 0 Å². The topological polar surface area (TPSA) is 59.9 Å². The molecule has 1 amide bonds. The minimum atomic E-state index is -0.250. The van der Waals surface area contributed by atoms with Crippen LogP contribution in [0.1, 0.15) is 28.4 Å². The second-order valence-electron chi connectivity index (χ2n) is 4.91. The second kappa shape index (κ2) is 7.98. The van der Waals surface area contributed by atoms with Gasteiger partial charge in [-0.2, -0.15) is 5.10 Å². The molecular weight excluding hydrogens is 292 g/mol. The molecule has 120 valence electrons. The quantitative estimate of drug-likeness (QED) is 0.658. The first kappa shape index (κ1) is 16.5. The molecule has 0 aliphatic rings. The largest absolute Gasteiger partial charge is 0.493 e. The summed E-state index contributed by atoms with van der Waals surface area (Å²) in [5, 5.41) is 3.98.